The molecule has 2 N–H and O–H groups in total. The van der Waals surface area contributed by atoms with Crippen molar-refractivity contribution >= 4 is 10.8 Å². The lowest BCUT2D eigenvalue weighted by Gasteiger charge is -2.38. The lowest BCUT2D eigenvalue weighted by atomic mass is 9.73. The van der Waals surface area contributed by atoms with Gasteiger partial charge in [-0.3, -0.25) is 0 Å². The molecule has 2 aromatic carbocycles. The predicted molar refractivity (Wildman–Crippen MR) is 132 cm³/mol. The van der Waals surface area contributed by atoms with Crippen molar-refractivity contribution in [1.82, 2.24) is 5.32 Å². The van der Waals surface area contributed by atoms with Crippen molar-refractivity contribution in [1.29, 1.82) is 0 Å². The van der Waals surface area contributed by atoms with Crippen molar-refractivity contribution in [2.75, 3.05) is 13.2 Å². The van der Waals surface area contributed by atoms with Gasteiger partial charge in [-0.1, -0.05) is 67.1 Å². The standard InChI is InChI=1S/C29H37NO2/c1-21(27-11-5-7-23-6-2-3-10-28(23)27)30-26-9-4-8-24(20-26)22-12-14-25(15-13-22)29(31)16-18-32-19-17-29/h2-3,5-7,10-12,14-15,21-22,24,26,30-31H,4,8-9,13,16-20H2,1H3/t21-,22?,24+,26?/m1/s1. The molecule has 1 aliphatic heterocycles. The quantitative estimate of drug-likeness (QED) is 0.602. The summed E-state index contributed by atoms with van der Waals surface area (Å²) >= 11 is 0. The molecule has 5 rings (SSSR count). The van der Waals surface area contributed by atoms with Gasteiger partial charge >= 0.3 is 0 Å². The van der Waals surface area contributed by atoms with Gasteiger partial charge in [-0.05, 0) is 66.4 Å². The molecule has 32 heavy (non-hydrogen) atoms. The number of nitrogens with one attached hydrogen (secondary N) is 1. The first-order valence-electron chi connectivity index (χ1n) is 12.5. The van der Waals surface area contributed by atoms with E-state index in [1.165, 1.54) is 42.0 Å². The third-order valence-corrected chi connectivity index (χ3v) is 8.09. The van der Waals surface area contributed by atoms with Gasteiger partial charge in [-0.25, -0.2) is 0 Å². The molecule has 3 nitrogen and oxygen atoms in total. The Hall–Kier alpha value is -1.94. The van der Waals surface area contributed by atoms with Crippen LogP contribution in [0.3, 0.4) is 0 Å². The van der Waals surface area contributed by atoms with Crippen LogP contribution in [0.2, 0.25) is 0 Å². The van der Waals surface area contributed by atoms with Crippen molar-refractivity contribution < 1.29 is 9.84 Å². The highest BCUT2D eigenvalue weighted by atomic mass is 16.5. The zero-order valence-electron chi connectivity index (χ0n) is 19.3. The topological polar surface area (TPSA) is 41.5 Å². The summed E-state index contributed by atoms with van der Waals surface area (Å²) in [6.07, 6.45) is 14.5. The van der Waals surface area contributed by atoms with Crippen molar-refractivity contribution in [2.24, 2.45) is 11.8 Å². The molecular formula is C29H37NO2. The smallest absolute Gasteiger partial charge is 0.0937 e. The number of aliphatic hydroxyl groups is 1. The third kappa shape index (κ3) is 4.57. The van der Waals surface area contributed by atoms with Crippen LogP contribution in [-0.2, 0) is 4.74 Å². The van der Waals surface area contributed by atoms with E-state index in [2.05, 4.69) is 72.9 Å². The van der Waals surface area contributed by atoms with Gasteiger partial charge in [0.05, 0.1) is 5.60 Å². The van der Waals surface area contributed by atoms with Crippen LogP contribution in [0.4, 0.5) is 0 Å². The number of benzene rings is 2. The van der Waals surface area contributed by atoms with E-state index >= 15 is 0 Å². The summed E-state index contributed by atoms with van der Waals surface area (Å²) < 4.78 is 5.45. The Balaban J connectivity index is 1.21. The summed E-state index contributed by atoms with van der Waals surface area (Å²) in [6.45, 7) is 3.64. The summed E-state index contributed by atoms with van der Waals surface area (Å²) in [7, 11) is 0. The number of ether oxygens (including phenoxy) is 1. The van der Waals surface area contributed by atoms with E-state index in [-0.39, 0.29) is 0 Å². The van der Waals surface area contributed by atoms with Gasteiger partial charge in [0.1, 0.15) is 0 Å². The Morgan fingerprint density at radius 3 is 2.69 bits per heavy atom. The summed E-state index contributed by atoms with van der Waals surface area (Å²) in [5.74, 6) is 1.32. The van der Waals surface area contributed by atoms with Crippen LogP contribution in [0.1, 0.15) is 63.5 Å². The van der Waals surface area contributed by atoms with E-state index in [1.807, 2.05) is 0 Å². The Morgan fingerprint density at radius 1 is 1.06 bits per heavy atom. The van der Waals surface area contributed by atoms with Crippen LogP contribution in [0.25, 0.3) is 10.8 Å². The minimum absolute atomic E-state index is 0.348. The van der Waals surface area contributed by atoms with E-state index in [0.29, 0.717) is 31.2 Å². The maximum atomic E-state index is 11.0. The average molecular weight is 432 g/mol. The van der Waals surface area contributed by atoms with Gasteiger partial charge in [0, 0.05) is 38.1 Å². The second-order valence-corrected chi connectivity index (χ2v) is 10.1. The monoisotopic (exact) mass is 431 g/mol. The van der Waals surface area contributed by atoms with Gasteiger partial charge in [0.15, 0.2) is 0 Å². The van der Waals surface area contributed by atoms with Crippen molar-refractivity contribution in [2.45, 2.75) is 69.6 Å². The van der Waals surface area contributed by atoms with E-state index in [4.69, 9.17) is 4.74 Å². The van der Waals surface area contributed by atoms with Crippen molar-refractivity contribution in [3.8, 4) is 0 Å². The van der Waals surface area contributed by atoms with Crippen LogP contribution in [0, 0.1) is 11.8 Å². The number of hydrogen-bond donors (Lipinski definition) is 2. The summed E-state index contributed by atoms with van der Waals surface area (Å²) in [6, 6.07) is 16.3. The maximum Gasteiger partial charge on any atom is 0.0937 e. The molecule has 2 fully saturated rings. The molecule has 2 aromatic rings. The minimum atomic E-state index is -0.676. The molecule has 0 bridgehead atoms. The zero-order valence-corrected chi connectivity index (χ0v) is 19.3. The van der Waals surface area contributed by atoms with Crippen LogP contribution in [-0.4, -0.2) is 30.0 Å². The first-order chi connectivity index (χ1) is 15.6. The van der Waals surface area contributed by atoms with Crippen molar-refractivity contribution in [3.05, 3.63) is 71.8 Å². The van der Waals surface area contributed by atoms with Crippen LogP contribution >= 0.6 is 0 Å². The molecule has 0 amide bonds. The number of rotatable bonds is 5. The molecule has 1 saturated carbocycles. The molecule has 0 aromatic heterocycles. The molecular weight excluding hydrogens is 394 g/mol. The zero-order chi connectivity index (χ0) is 22.0. The lowest BCUT2D eigenvalue weighted by Crippen LogP contribution is -2.39. The molecule has 3 heteroatoms. The lowest BCUT2D eigenvalue weighted by molar-refractivity contribution is -0.0378. The average Bonchev–Trinajstić information content (AvgIpc) is 2.84. The molecule has 1 heterocycles. The van der Waals surface area contributed by atoms with Gasteiger partial charge < -0.3 is 15.2 Å². The molecule has 0 radical (unpaired) electrons. The highest BCUT2D eigenvalue weighted by Crippen LogP contribution is 2.39. The number of hydrogen-bond acceptors (Lipinski definition) is 3. The number of fused-ring (bicyclic) bond motifs is 1. The van der Waals surface area contributed by atoms with Crippen molar-refractivity contribution in [3.63, 3.8) is 0 Å². The van der Waals surface area contributed by atoms with Crippen LogP contribution < -0.4 is 5.32 Å². The van der Waals surface area contributed by atoms with Gasteiger partial charge in [-0.15, -0.1) is 0 Å². The largest absolute Gasteiger partial charge is 0.385 e. The number of allylic oxidation sites excluding steroid dienone is 2. The third-order valence-electron chi connectivity index (χ3n) is 8.09. The molecule has 0 spiro atoms. The second kappa shape index (κ2) is 9.51. The van der Waals surface area contributed by atoms with Crippen LogP contribution in [0.5, 0.6) is 0 Å². The SMILES string of the molecule is C[C@@H](NC1CCC[C@H](C2C=CC(C3(O)CCOCC3)=CC2)C1)c1cccc2ccccc12. The highest BCUT2D eigenvalue weighted by Gasteiger charge is 2.35. The molecule has 4 atom stereocenters. The fourth-order valence-corrected chi connectivity index (χ4v) is 6.17. The van der Waals surface area contributed by atoms with E-state index in [0.717, 1.165) is 30.8 Å². The summed E-state index contributed by atoms with van der Waals surface area (Å²) in [5, 5.41) is 17.7. The Bertz CT molecular complexity index is 982. The Labute approximate surface area is 192 Å². The minimum Gasteiger partial charge on any atom is -0.385 e. The summed E-state index contributed by atoms with van der Waals surface area (Å²) in [4.78, 5) is 0. The molecule has 2 unspecified atom stereocenters. The maximum absolute atomic E-state index is 11.0. The molecule has 1 saturated heterocycles. The first kappa shape index (κ1) is 21.9. The van der Waals surface area contributed by atoms with Gasteiger partial charge in [-0.2, -0.15) is 0 Å². The Morgan fingerprint density at radius 2 is 1.88 bits per heavy atom. The van der Waals surface area contributed by atoms with E-state index < -0.39 is 5.60 Å². The fraction of sp³-hybridized carbons (Fsp3) is 0.517. The van der Waals surface area contributed by atoms with Crippen LogP contribution in [0.15, 0.2) is 66.3 Å². The molecule has 2 aliphatic carbocycles. The molecule has 170 valence electrons. The predicted octanol–water partition coefficient (Wildman–Crippen LogP) is 6.09. The first-order valence-corrected chi connectivity index (χ1v) is 12.5. The van der Waals surface area contributed by atoms with Gasteiger partial charge in [0.2, 0.25) is 0 Å². The molecule has 3 aliphatic rings. The Kier molecular flexibility index (Phi) is 6.50. The normalized spacial score (nSPS) is 28.9. The van der Waals surface area contributed by atoms with E-state index in [9.17, 15) is 5.11 Å². The summed E-state index contributed by atoms with van der Waals surface area (Å²) in [5.41, 5.74) is 1.84. The second-order valence-electron chi connectivity index (χ2n) is 10.1. The fourth-order valence-electron chi connectivity index (χ4n) is 6.17. The highest BCUT2D eigenvalue weighted by molar-refractivity contribution is 5.86. The van der Waals surface area contributed by atoms with E-state index in [1.54, 1.807) is 0 Å². The van der Waals surface area contributed by atoms with Gasteiger partial charge in [0.25, 0.3) is 0 Å².